The number of hydrogen-bond donors (Lipinski definition) is 7. The normalized spacial score (nSPS) is 21.1. The Labute approximate surface area is 468 Å². The molecule has 4 unspecified atom stereocenters. The molecule has 22 heteroatoms. The van der Waals surface area contributed by atoms with Crippen LogP contribution in [0.3, 0.4) is 0 Å². The van der Waals surface area contributed by atoms with Crippen LogP contribution in [0, 0.1) is 6.92 Å². The number of esters is 2. The Balaban J connectivity index is 0.000000196. The van der Waals surface area contributed by atoms with Gasteiger partial charge in [-0.05, 0) is 97.0 Å². The van der Waals surface area contributed by atoms with E-state index in [0.717, 1.165) is 6.07 Å². The quantitative estimate of drug-likeness (QED) is 0.0479. The average Bonchev–Trinajstić information content (AvgIpc) is 3.59. The third kappa shape index (κ3) is 12.1. The minimum absolute atomic E-state index is 0.0506. The first kappa shape index (κ1) is 57.0. The van der Waals surface area contributed by atoms with Crippen LogP contribution in [0.2, 0.25) is 0 Å². The molecule has 8 atom stereocenters. The van der Waals surface area contributed by atoms with Crippen LogP contribution in [-0.2, 0) is 19.1 Å². The van der Waals surface area contributed by atoms with Gasteiger partial charge in [0, 0.05) is 35.4 Å². The van der Waals surface area contributed by atoms with Gasteiger partial charge in [-0.25, -0.2) is 0 Å². The molecule has 6 aromatic rings. The second-order valence-corrected chi connectivity index (χ2v) is 20.2. The van der Waals surface area contributed by atoms with Crippen LogP contribution in [-0.4, -0.2) is 123 Å². The summed E-state index contributed by atoms with van der Waals surface area (Å²) in [7, 11) is 2.84. The number of fused-ring (bicyclic) bond motifs is 4. The van der Waals surface area contributed by atoms with E-state index >= 15 is 0 Å². The molecule has 4 aliphatic heterocycles. The van der Waals surface area contributed by atoms with Crippen molar-refractivity contribution < 1.29 is 102 Å². The largest absolute Gasteiger partial charge is 0.508 e. The first-order valence-electron chi connectivity index (χ1n) is 25.6. The topological polar surface area (TPSA) is 302 Å². The molecule has 0 aromatic heterocycles. The molecular formula is C59H58O21S. The second-order valence-electron chi connectivity index (χ2n) is 19.2. The molecule has 0 radical (unpaired) electrons. The number of aliphatic hydroxyl groups is 2. The van der Waals surface area contributed by atoms with Crippen molar-refractivity contribution in [3.8, 4) is 74.7 Å². The molecule has 6 aromatic carbocycles. The molecule has 7 N–H and O–H groups in total. The molecule has 426 valence electrons. The molecule has 0 amide bonds. The van der Waals surface area contributed by atoms with Gasteiger partial charge >= 0.3 is 11.9 Å². The van der Waals surface area contributed by atoms with Crippen LogP contribution in [0.15, 0.2) is 97.1 Å². The molecule has 0 saturated heterocycles. The van der Waals surface area contributed by atoms with E-state index in [9.17, 15) is 54.9 Å². The molecule has 21 nitrogen and oxygen atoms in total. The predicted octanol–water partition coefficient (Wildman–Crippen LogP) is 7.98. The highest BCUT2D eigenvalue weighted by atomic mass is 32.2. The average molecular weight is 1140 g/mol. The summed E-state index contributed by atoms with van der Waals surface area (Å²) in [6, 6.07) is 24.2. The summed E-state index contributed by atoms with van der Waals surface area (Å²) in [5.74, 6) is -0.882. The van der Waals surface area contributed by atoms with Crippen molar-refractivity contribution in [2.24, 2.45) is 0 Å². The lowest BCUT2D eigenvalue weighted by Gasteiger charge is -2.35. The molecule has 0 saturated carbocycles. The van der Waals surface area contributed by atoms with E-state index in [1.165, 1.54) is 50.2 Å². The number of thioether (sulfide) groups is 1. The Hall–Kier alpha value is -8.73. The zero-order valence-electron chi connectivity index (χ0n) is 44.4. The molecule has 10 rings (SSSR count). The van der Waals surface area contributed by atoms with Crippen molar-refractivity contribution in [3.05, 3.63) is 136 Å². The van der Waals surface area contributed by atoms with Gasteiger partial charge in [0.2, 0.25) is 11.6 Å². The summed E-state index contributed by atoms with van der Waals surface area (Å²) in [6.07, 6.45) is -5.42. The highest BCUT2D eigenvalue weighted by molar-refractivity contribution is 7.98. The zero-order chi connectivity index (χ0) is 57.8. The van der Waals surface area contributed by atoms with Gasteiger partial charge in [0.15, 0.2) is 94.8 Å². The van der Waals surface area contributed by atoms with Crippen LogP contribution < -0.4 is 37.9 Å². The Kier molecular flexibility index (Phi) is 17.1. The number of rotatable bonds is 15. The highest BCUT2D eigenvalue weighted by Gasteiger charge is 2.43. The van der Waals surface area contributed by atoms with Gasteiger partial charge in [-0.3, -0.25) is 19.2 Å². The van der Waals surface area contributed by atoms with Crippen molar-refractivity contribution in [2.75, 3.05) is 39.4 Å². The standard InChI is InChI=1S/C30H30O10S.C29H28O11/c1-15-10-19(32)26-23(11-15)40-30(28(35)27(26)34)17-5-7-20-22(13-17)39-29(16-4-6-18(31)21(12-16)36-2)24(38-20)14-37-25(33)8-9-41-3;1-3-4-24(33)37-13-23-28(14-5-7-17(31)20(9-14)36-2)39-21-10-15(6-8-19(21)38-23)29-27(35)26(34)25-18(32)11-16(30)12-22(25)40-29/h4-7,10-13,24,28-32,35H,8-9,14H2,1-3H3;5-12,23,27-32,35H,3-4,13H2,1-2H3/t24?,28-,29?,30+;23?,27-,28?,29+/m00/s1. The van der Waals surface area contributed by atoms with E-state index in [1.807, 2.05) is 13.2 Å². The monoisotopic (exact) mass is 1130 g/mol. The summed E-state index contributed by atoms with van der Waals surface area (Å²) < 4.78 is 58.3. The number of ketones is 2. The third-order valence-corrected chi connectivity index (χ3v) is 14.2. The molecule has 4 aliphatic rings. The molecule has 81 heavy (non-hydrogen) atoms. The number of aryl methyl sites for hydroxylation is 1. The number of carbonyl (C=O) groups excluding carboxylic acids is 4. The maximum atomic E-state index is 13.0. The minimum atomic E-state index is -1.65. The Morgan fingerprint density at radius 2 is 0.938 bits per heavy atom. The molecule has 0 spiro atoms. The number of phenolic OH excluding ortho intramolecular Hbond substituents is 5. The van der Waals surface area contributed by atoms with E-state index in [-0.39, 0.29) is 101 Å². The first-order chi connectivity index (χ1) is 38.9. The second kappa shape index (κ2) is 24.3. The van der Waals surface area contributed by atoms with Crippen LogP contribution in [0.25, 0.3) is 0 Å². The predicted molar refractivity (Wildman–Crippen MR) is 288 cm³/mol. The van der Waals surface area contributed by atoms with Crippen LogP contribution in [0.4, 0.5) is 0 Å². The summed E-state index contributed by atoms with van der Waals surface area (Å²) in [6.45, 7) is 3.44. The van der Waals surface area contributed by atoms with Crippen molar-refractivity contribution >= 4 is 35.3 Å². The van der Waals surface area contributed by atoms with Crippen LogP contribution >= 0.6 is 11.8 Å². The summed E-state index contributed by atoms with van der Waals surface area (Å²) in [4.78, 5) is 50.1. The van der Waals surface area contributed by atoms with Crippen molar-refractivity contribution in [2.45, 2.75) is 81.9 Å². The van der Waals surface area contributed by atoms with Gasteiger partial charge in [0.25, 0.3) is 0 Å². The van der Waals surface area contributed by atoms with E-state index in [0.29, 0.717) is 57.2 Å². The maximum absolute atomic E-state index is 13.0. The SMILES string of the molecule is CCCC(=O)OCC1Oc2ccc([C@H]3Oc4cc(O)cc(O)c4C(=O)[C@@H]3O)cc2OC1c1ccc(O)c(OC)c1.COc1cc(C2Oc3cc([C@H]4Oc5cc(C)cc(O)c5C(=O)[C@@H]4O)ccc3OC2COC(=O)CCSC)ccc1O. The van der Waals surface area contributed by atoms with E-state index in [1.54, 1.807) is 73.7 Å². The lowest BCUT2D eigenvalue weighted by atomic mass is 9.92. The summed E-state index contributed by atoms with van der Waals surface area (Å²) in [5.41, 5.74) is 2.40. The van der Waals surface area contributed by atoms with Crippen LogP contribution in [0.1, 0.15) is 99.1 Å². The van der Waals surface area contributed by atoms with E-state index in [2.05, 4.69) is 0 Å². The van der Waals surface area contributed by atoms with Gasteiger partial charge in [-0.1, -0.05) is 31.2 Å². The fourth-order valence-corrected chi connectivity index (χ4v) is 9.94. The number of hydrogen-bond acceptors (Lipinski definition) is 22. The number of phenols is 5. The molecular weight excluding hydrogens is 1080 g/mol. The lowest BCUT2D eigenvalue weighted by Crippen LogP contribution is -2.38. The number of carbonyl (C=O) groups is 4. The first-order valence-corrected chi connectivity index (χ1v) is 26.9. The van der Waals surface area contributed by atoms with Gasteiger partial charge in [0.05, 0.1) is 20.6 Å². The summed E-state index contributed by atoms with van der Waals surface area (Å²) in [5, 5.41) is 72.0. The van der Waals surface area contributed by atoms with E-state index in [4.69, 9.17) is 47.4 Å². The van der Waals surface area contributed by atoms with Gasteiger partial charge in [-0.15, -0.1) is 0 Å². The molecule has 0 fully saturated rings. The molecule has 4 heterocycles. The van der Waals surface area contributed by atoms with E-state index < -0.39 is 66.1 Å². The van der Waals surface area contributed by atoms with Crippen molar-refractivity contribution in [1.82, 2.24) is 0 Å². The van der Waals surface area contributed by atoms with Gasteiger partial charge in [-0.2, -0.15) is 11.8 Å². The Morgan fingerprint density at radius 1 is 0.506 bits per heavy atom. The van der Waals surface area contributed by atoms with Gasteiger partial charge in [0.1, 0.15) is 53.1 Å². The Bertz CT molecular complexity index is 3360. The molecule has 0 bridgehead atoms. The number of aromatic hydroxyl groups is 5. The highest BCUT2D eigenvalue weighted by Crippen LogP contribution is 2.48. The fraction of sp³-hybridized carbons (Fsp3) is 0.322. The molecule has 0 aliphatic carbocycles. The van der Waals surface area contributed by atoms with Gasteiger partial charge < -0.3 is 83.1 Å². The number of Topliss-reactive ketones (excluding diaryl/α,β-unsaturated/α-hetero) is 2. The van der Waals surface area contributed by atoms with Crippen molar-refractivity contribution in [1.29, 1.82) is 0 Å². The minimum Gasteiger partial charge on any atom is -0.508 e. The number of benzene rings is 6. The zero-order valence-corrected chi connectivity index (χ0v) is 45.2. The summed E-state index contributed by atoms with van der Waals surface area (Å²) >= 11 is 1.54. The Morgan fingerprint density at radius 3 is 1.41 bits per heavy atom. The maximum Gasteiger partial charge on any atom is 0.306 e. The smallest absolute Gasteiger partial charge is 0.306 e. The van der Waals surface area contributed by atoms with Crippen molar-refractivity contribution in [3.63, 3.8) is 0 Å². The number of aliphatic hydroxyl groups excluding tert-OH is 2. The fourth-order valence-electron chi connectivity index (χ4n) is 9.57. The third-order valence-electron chi connectivity index (χ3n) is 13.6. The number of methoxy groups -OCH3 is 2. The number of ether oxygens (including phenoxy) is 10. The van der Waals surface area contributed by atoms with Crippen LogP contribution in [0.5, 0.6) is 74.7 Å². The lowest BCUT2D eigenvalue weighted by molar-refractivity contribution is -0.149.